The Hall–Kier alpha value is -1.89. The minimum Gasteiger partial charge on any atom is -0.294 e. The Labute approximate surface area is 130 Å². The molecular formula is C15H15F3N2OS. The van der Waals surface area contributed by atoms with Gasteiger partial charge < -0.3 is 0 Å². The van der Waals surface area contributed by atoms with E-state index in [-0.39, 0.29) is 5.13 Å². The molecule has 0 saturated heterocycles. The molecule has 22 heavy (non-hydrogen) atoms. The van der Waals surface area contributed by atoms with Crippen LogP contribution in [0.15, 0.2) is 29.6 Å². The molecule has 0 fully saturated rings. The van der Waals surface area contributed by atoms with Crippen molar-refractivity contribution in [3.63, 3.8) is 0 Å². The zero-order chi connectivity index (χ0) is 16.3. The molecule has 2 aromatic rings. The molecule has 3 nitrogen and oxygen atoms in total. The molecule has 0 radical (unpaired) electrons. The molecule has 118 valence electrons. The van der Waals surface area contributed by atoms with Crippen LogP contribution in [0.5, 0.6) is 0 Å². The summed E-state index contributed by atoms with van der Waals surface area (Å²) in [5.41, 5.74) is 2.54. The van der Waals surface area contributed by atoms with Gasteiger partial charge in [0.05, 0.1) is 5.69 Å². The Morgan fingerprint density at radius 2 is 1.91 bits per heavy atom. The van der Waals surface area contributed by atoms with Crippen molar-refractivity contribution in [3.05, 3.63) is 35.2 Å². The number of amides is 1. The number of anilines is 1. The fourth-order valence-corrected chi connectivity index (χ4v) is 2.63. The molecule has 1 amide bonds. The van der Waals surface area contributed by atoms with E-state index in [0.29, 0.717) is 11.6 Å². The number of halogens is 3. The Morgan fingerprint density at radius 1 is 1.27 bits per heavy atom. The Bertz CT molecular complexity index is 648. The van der Waals surface area contributed by atoms with E-state index in [4.69, 9.17) is 0 Å². The van der Waals surface area contributed by atoms with Gasteiger partial charge in [0.15, 0.2) is 5.13 Å². The van der Waals surface area contributed by atoms with Gasteiger partial charge in [-0.1, -0.05) is 38.1 Å². The number of hydrogen-bond donors (Lipinski definition) is 1. The normalized spacial score (nSPS) is 11.7. The van der Waals surface area contributed by atoms with Crippen LogP contribution in [-0.4, -0.2) is 17.1 Å². The van der Waals surface area contributed by atoms with E-state index in [0.717, 1.165) is 23.3 Å². The summed E-state index contributed by atoms with van der Waals surface area (Å²) < 4.78 is 36.5. The first-order valence-corrected chi connectivity index (χ1v) is 7.56. The Morgan fingerprint density at radius 3 is 2.45 bits per heavy atom. The lowest BCUT2D eigenvalue weighted by molar-refractivity contribution is -0.167. The van der Waals surface area contributed by atoms with Crippen molar-refractivity contribution < 1.29 is 18.0 Å². The number of hydrogen-bond acceptors (Lipinski definition) is 3. The maximum absolute atomic E-state index is 12.2. The average molecular weight is 328 g/mol. The van der Waals surface area contributed by atoms with Crippen LogP contribution >= 0.6 is 11.3 Å². The standard InChI is InChI=1S/C15H15F3N2OS/c1-9(2)7-10-3-5-11(6-4-10)12-8-22-14(19-12)20-13(21)15(16,17)18/h3-6,8-9H,7H2,1-2H3,(H,19,20,21). The largest absolute Gasteiger partial charge is 0.471 e. The molecule has 1 N–H and O–H groups in total. The number of aromatic nitrogens is 1. The second-order valence-corrected chi connectivity index (χ2v) is 6.14. The molecule has 0 aliphatic rings. The van der Waals surface area contributed by atoms with Gasteiger partial charge in [-0.25, -0.2) is 4.98 Å². The summed E-state index contributed by atoms with van der Waals surface area (Å²) in [4.78, 5) is 14.9. The maximum atomic E-state index is 12.2. The predicted molar refractivity (Wildman–Crippen MR) is 80.8 cm³/mol. The molecule has 0 aliphatic carbocycles. The van der Waals surface area contributed by atoms with Crippen molar-refractivity contribution >= 4 is 22.4 Å². The topological polar surface area (TPSA) is 42.0 Å². The first-order chi connectivity index (χ1) is 10.3. The molecule has 0 spiro atoms. The number of nitrogens with one attached hydrogen (secondary N) is 1. The number of carbonyl (C=O) groups is 1. The van der Waals surface area contributed by atoms with Gasteiger partial charge in [-0.05, 0) is 17.9 Å². The van der Waals surface area contributed by atoms with E-state index in [1.54, 1.807) is 10.7 Å². The number of thiazole rings is 1. The molecule has 1 aromatic carbocycles. The highest BCUT2D eigenvalue weighted by Gasteiger charge is 2.39. The first-order valence-electron chi connectivity index (χ1n) is 6.68. The van der Waals surface area contributed by atoms with Crippen molar-refractivity contribution in [1.82, 2.24) is 4.98 Å². The highest BCUT2D eigenvalue weighted by molar-refractivity contribution is 7.14. The van der Waals surface area contributed by atoms with Crippen molar-refractivity contribution in [1.29, 1.82) is 0 Å². The summed E-state index contributed by atoms with van der Waals surface area (Å²) in [5, 5.41) is 3.30. The number of carbonyl (C=O) groups excluding carboxylic acids is 1. The minimum atomic E-state index is -4.91. The monoisotopic (exact) mass is 328 g/mol. The van der Waals surface area contributed by atoms with Gasteiger partial charge in [-0.3, -0.25) is 10.1 Å². The summed E-state index contributed by atoms with van der Waals surface area (Å²) in [6.07, 6.45) is -3.95. The van der Waals surface area contributed by atoms with E-state index in [9.17, 15) is 18.0 Å². The SMILES string of the molecule is CC(C)Cc1ccc(-c2csc(NC(=O)C(F)(F)F)n2)cc1. The number of rotatable bonds is 4. The first kappa shape index (κ1) is 16.5. The predicted octanol–water partition coefficient (Wildman–Crippen LogP) is 4.51. The van der Waals surface area contributed by atoms with Crippen LogP contribution < -0.4 is 5.32 Å². The van der Waals surface area contributed by atoms with E-state index in [2.05, 4.69) is 18.8 Å². The lowest BCUT2D eigenvalue weighted by Gasteiger charge is -2.05. The van der Waals surface area contributed by atoms with Crippen molar-refractivity contribution in [2.45, 2.75) is 26.4 Å². The van der Waals surface area contributed by atoms with E-state index in [1.807, 2.05) is 24.3 Å². The molecule has 1 heterocycles. The van der Waals surface area contributed by atoms with Crippen molar-refractivity contribution in [2.24, 2.45) is 5.92 Å². The van der Waals surface area contributed by atoms with Gasteiger partial charge in [0, 0.05) is 10.9 Å². The zero-order valence-electron chi connectivity index (χ0n) is 12.1. The van der Waals surface area contributed by atoms with E-state index in [1.165, 1.54) is 5.56 Å². The fraction of sp³-hybridized carbons (Fsp3) is 0.333. The zero-order valence-corrected chi connectivity index (χ0v) is 12.9. The Balaban J connectivity index is 2.09. The molecule has 0 bridgehead atoms. The summed E-state index contributed by atoms with van der Waals surface area (Å²) in [7, 11) is 0. The lowest BCUT2D eigenvalue weighted by Crippen LogP contribution is -2.29. The van der Waals surface area contributed by atoms with Gasteiger partial charge in [-0.15, -0.1) is 11.3 Å². The molecule has 0 atom stereocenters. The summed E-state index contributed by atoms with van der Waals surface area (Å²) in [6.45, 7) is 4.26. The number of benzene rings is 1. The third kappa shape index (κ3) is 4.30. The highest BCUT2D eigenvalue weighted by atomic mass is 32.1. The third-order valence-electron chi connectivity index (χ3n) is 2.88. The number of nitrogens with zero attached hydrogens (tertiary/aromatic N) is 1. The van der Waals surface area contributed by atoms with Crippen LogP contribution in [0.2, 0.25) is 0 Å². The van der Waals surface area contributed by atoms with Crippen LogP contribution in [-0.2, 0) is 11.2 Å². The second-order valence-electron chi connectivity index (χ2n) is 5.28. The molecule has 0 aliphatic heterocycles. The summed E-state index contributed by atoms with van der Waals surface area (Å²) >= 11 is 0.961. The smallest absolute Gasteiger partial charge is 0.294 e. The highest BCUT2D eigenvalue weighted by Crippen LogP contribution is 2.27. The van der Waals surface area contributed by atoms with Crippen LogP contribution in [0, 0.1) is 5.92 Å². The quantitative estimate of drug-likeness (QED) is 0.897. The van der Waals surface area contributed by atoms with Gasteiger partial charge in [0.2, 0.25) is 0 Å². The third-order valence-corrected chi connectivity index (χ3v) is 3.63. The van der Waals surface area contributed by atoms with Crippen LogP contribution in [0.4, 0.5) is 18.3 Å². The van der Waals surface area contributed by atoms with Crippen LogP contribution in [0.1, 0.15) is 19.4 Å². The van der Waals surface area contributed by atoms with E-state index < -0.39 is 12.1 Å². The van der Waals surface area contributed by atoms with Crippen molar-refractivity contribution in [2.75, 3.05) is 5.32 Å². The summed E-state index contributed by atoms with van der Waals surface area (Å²) in [5.74, 6) is -1.46. The summed E-state index contributed by atoms with van der Waals surface area (Å²) in [6, 6.07) is 7.70. The Kier molecular flexibility index (Phi) is 4.85. The van der Waals surface area contributed by atoms with Crippen LogP contribution in [0.3, 0.4) is 0 Å². The minimum absolute atomic E-state index is 0.0661. The lowest BCUT2D eigenvalue weighted by atomic mass is 10.0. The van der Waals surface area contributed by atoms with Gasteiger partial charge in [0.25, 0.3) is 0 Å². The van der Waals surface area contributed by atoms with Gasteiger partial charge in [0.1, 0.15) is 0 Å². The molecule has 0 unspecified atom stereocenters. The van der Waals surface area contributed by atoms with Crippen LogP contribution in [0.25, 0.3) is 11.3 Å². The average Bonchev–Trinajstić information content (AvgIpc) is 2.86. The molecule has 0 saturated carbocycles. The fourth-order valence-electron chi connectivity index (χ4n) is 1.91. The molecule has 7 heteroatoms. The number of alkyl halides is 3. The maximum Gasteiger partial charge on any atom is 0.471 e. The molecular weight excluding hydrogens is 313 g/mol. The van der Waals surface area contributed by atoms with Gasteiger partial charge in [-0.2, -0.15) is 13.2 Å². The second kappa shape index (κ2) is 6.48. The molecule has 2 rings (SSSR count). The van der Waals surface area contributed by atoms with Gasteiger partial charge >= 0.3 is 12.1 Å². The van der Waals surface area contributed by atoms with Crippen molar-refractivity contribution in [3.8, 4) is 11.3 Å². The van der Waals surface area contributed by atoms with E-state index >= 15 is 0 Å². The molecule has 1 aromatic heterocycles.